The lowest BCUT2D eigenvalue weighted by atomic mass is 10.0. The van der Waals surface area contributed by atoms with Crippen LogP contribution in [-0.4, -0.2) is 55.4 Å². The zero-order chi connectivity index (χ0) is 13.9. The molecule has 0 spiro atoms. The summed E-state index contributed by atoms with van der Waals surface area (Å²) in [7, 11) is 1.69. The number of carbonyl (C=O) groups excluding carboxylic acids is 1. The molecule has 1 aliphatic heterocycles. The van der Waals surface area contributed by atoms with Crippen LogP contribution in [-0.2, 0) is 9.53 Å². The Hall–Kier alpha value is -1.30. The number of carbonyl (C=O) groups is 2. The van der Waals surface area contributed by atoms with Gasteiger partial charge in [0.25, 0.3) is 0 Å². The molecule has 0 aromatic rings. The molecule has 6 heteroatoms. The number of hydrogen-bond acceptors (Lipinski definition) is 3. The summed E-state index contributed by atoms with van der Waals surface area (Å²) in [5, 5.41) is 11.8. The second-order valence-corrected chi connectivity index (χ2v) is 5.67. The van der Waals surface area contributed by atoms with Crippen molar-refractivity contribution in [3.05, 3.63) is 0 Å². The third-order valence-electron chi connectivity index (χ3n) is 4.23. The lowest BCUT2D eigenvalue weighted by molar-refractivity contribution is -0.141. The molecule has 1 aliphatic carbocycles. The van der Waals surface area contributed by atoms with Gasteiger partial charge in [0, 0.05) is 33.4 Å². The van der Waals surface area contributed by atoms with E-state index >= 15 is 0 Å². The lowest BCUT2D eigenvalue weighted by Crippen LogP contribution is -2.41. The lowest BCUT2D eigenvalue weighted by Gasteiger charge is -2.20. The number of methoxy groups -OCH3 is 1. The number of rotatable bonds is 6. The van der Waals surface area contributed by atoms with Crippen LogP contribution >= 0.6 is 0 Å². The fraction of sp³-hybridized carbons (Fsp3) is 0.846. The quantitative estimate of drug-likeness (QED) is 0.752. The highest BCUT2D eigenvalue weighted by atomic mass is 16.5. The molecule has 2 rings (SSSR count). The molecule has 6 nitrogen and oxygen atoms in total. The van der Waals surface area contributed by atoms with Gasteiger partial charge in [-0.3, -0.25) is 4.79 Å². The van der Waals surface area contributed by atoms with Crippen molar-refractivity contribution < 1.29 is 19.4 Å². The van der Waals surface area contributed by atoms with E-state index in [1.807, 2.05) is 0 Å². The molecule has 2 N–H and O–H groups in total. The van der Waals surface area contributed by atoms with E-state index in [4.69, 9.17) is 9.84 Å². The van der Waals surface area contributed by atoms with E-state index in [1.54, 1.807) is 12.0 Å². The van der Waals surface area contributed by atoms with Crippen LogP contribution in [0.2, 0.25) is 0 Å². The topological polar surface area (TPSA) is 78.9 Å². The number of aliphatic carboxylic acids is 1. The summed E-state index contributed by atoms with van der Waals surface area (Å²) >= 11 is 0. The van der Waals surface area contributed by atoms with Gasteiger partial charge in [-0.2, -0.15) is 0 Å². The van der Waals surface area contributed by atoms with Crippen molar-refractivity contribution in [1.29, 1.82) is 0 Å². The van der Waals surface area contributed by atoms with E-state index in [2.05, 4.69) is 5.32 Å². The molecular formula is C13H22N2O4. The van der Waals surface area contributed by atoms with Crippen molar-refractivity contribution in [3.63, 3.8) is 0 Å². The summed E-state index contributed by atoms with van der Waals surface area (Å²) in [6.07, 6.45) is 3.79. The summed E-state index contributed by atoms with van der Waals surface area (Å²) < 4.78 is 5.08. The molecule has 1 atom stereocenters. The summed E-state index contributed by atoms with van der Waals surface area (Å²) in [4.78, 5) is 24.4. The Balaban J connectivity index is 1.72. The number of urea groups is 1. The van der Waals surface area contributed by atoms with Crippen LogP contribution in [0.3, 0.4) is 0 Å². The summed E-state index contributed by atoms with van der Waals surface area (Å²) in [6.45, 7) is 2.25. The van der Waals surface area contributed by atoms with Crippen molar-refractivity contribution in [2.45, 2.75) is 25.7 Å². The number of nitrogens with zero attached hydrogens (tertiary/aromatic N) is 1. The zero-order valence-electron chi connectivity index (χ0n) is 11.4. The molecule has 0 radical (unpaired) electrons. The van der Waals surface area contributed by atoms with Crippen molar-refractivity contribution >= 4 is 12.0 Å². The molecule has 19 heavy (non-hydrogen) atoms. The summed E-state index contributed by atoms with van der Waals surface area (Å²) in [5.74, 6) is -1.22. The third-order valence-corrected chi connectivity index (χ3v) is 4.23. The van der Waals surface area contributed by atoms with Gasteiger partial charge in [0.2, 0.25) is 0 Å². The fourth-order valence-electron chi connectivity index (χ4n) is 2.53. The molecular weight excluding hydrogens is 248 g/mol. The number of ether oxygens (including phenoxy) is 1. The number of hydrogen-bond donors (Lipinski definition) is 2. The number of amides is 2. The minimum Gasteiger partial charge on any atom is -0.481 e. The molecule has 0 aromatic carbocycles. The second kappa shape index (κ2) is 5.77. The van der Waals surface area contributed by atoms with Gasteiger partial charge in [0.1, 0.15) is 0 Å². The molecule has 1 unspecified atom stereocenters. The monoisotopic (exact) mass is 270 g/mol. The number of nitrogens with one attached hydrogen (secondary N) is 1. The molecule has 1 saturated heterocycles. The molecule has 2 fully saturated rings. The van der Waals surface area contributed by atoms with Crippen molar-refractivity contribution in [1.82, 2.24) is 10.2 Å². The van der Waals surface area contributed by atoms with Crippen molar-refractivity contribution in [2.75, 3.05) is 33.4 Å². The van der Waals surface area contributed by atoms with Crippen LogP contribution in [0.15, 0.2) is 0 Å². The SMILES string of the molecule is COCCC1(CNC(=O)N2CCC(C(=O)O)C2)CC1. The molecule has 2 aliphatic rings. The maximum atomic E-state index is 12.0. The first-order chi connectivity index (χ1) is 9.06. The minimum atomic E-state index is -0.811. The maximum absolute atomic E-state index is 12.0. The highest BCUT2D eigenvalue weighted by Gasteiger charge is 2.42. The Morgan fingerprint density at radius 1 is 1.47 bits per heavy atom. The molecule has 1 heterocycles. The van der Waals surface area contributed by atoms with Gasteiger partial charge in [-0.1, -0.05) is 0 Å². The van der Waals surface area contributed by atoms with Crippen LogP contribution in [0.4, 0.5) is 4.79 Å². The summed E-state index contributed by atoms with van der Waals surface area (Å²) in [6, 6.07) is -0.132. The molecule has 2 amide bonds. The molecule has 108 valence electrons. The fourth-order valence-corrected chi connectivity index (χ4v) is 2.53. The third kappa shape index (κ3) is 3.59. The van der Waals surface area contributed by atoms with Gasteiger partial charge < -0.3 is 20.1 Å². The van der Waals surface area contributed by atoms with E-state index in [0.29, 0.717) is 26.1 Å². The first kappa shape index (κ1) is 14.1. The maximum Gasteiger partial charge on any atom is 0.317 e. The van der Waals surface area contributed by atoms with E-state index in [1.165, 1.54) is 0 Å². The standard InChI is InChI=1S/C13H22N2O4/c1-19-7-5-13(3-4-13)9-14-12(18)15-6-2-10(8-15)11(16)17/h10H,2-9H2,1H3,(H,14,18)(H,16,17). The van der Waals surface area contributed by atoms with Crippen LogP contribution in [0.25, 0.3) is 0 Å². The predicted octanol–water partition coefficient (Wildman–Crippen LogP) is 0.919. The molecule has 0 aromatic heterocycles. The predicted molar refractivity (Wildman–Crippen MR) is 68.9 cm³/mol. The molecule has 1 saturated carbocycles. The molecule has 0 bridgehead atoms. The Labute approximate surface area is 113 Å². The van der Waals surface area contributed by atoms with Crippen LogP contribution in [0, 0.1) is 11.3 Å². The van der Waals surface area contributed by atoms with E-state index in [0.717, 1.165) is 25.9 Å². The Bertz CT molecular complexity index is 355. The van der Waals surface area contributed by atoms with Gasteiger partial charge in [-0.25, -0.2) is 4.79 Å². The average molecular weight is 270 g/mol. The van der Waals surface area contributed by atoms with Gasteiger partial charge in [0.05, 0.1) is 5.92 Å². The van der Waals surface area contributed by atoms with E-state index < -0.39 is 11.9 Å². The Morgan fingerprint density at radius 3 is 2.74 bits per heavy atom. The highest BCUT2D eigenvalue weighted by Crippen LogP contribution is 2.48. The van der Waals surface area contributed by atoms with E-state index in [9.17, 15) is 9.59 Å². The second-order valence-electron chi connectivity index (χ2n) is 5.67. The van der Waals surface area contributed by atoms with Crippen molar-refractivity contribution in [2.24, 2.45) is 11.3 Å². The Morgan fingerprint density at radius 2 is 2.21 bits per heavy atom. The first-order valence-electron chi connectivity index (χ1n) is 6.81. The largest absolute Gasteiger partial charge is 0.481 e. The minimum absolute atomic E-state index is 0.132. The Kier molecular flexibility index (Phi) is 4.29. The van der Waals surface area contributed by atoms with Gasteiger partial charge >= 0.3 is 12.0 Å². The normalized spacial score (nSPS) is 24.3. The van der Waals surface area contributed by atoms with Crippen LogP contribution in [0.1, 0.15) is 25.7 Å². The average Bonchev–Trinajstić information content (AvgIpc) is 2.97. The van der Waals surface area contributed by atoms with Crippen molar-refractivity contribution in [3.8, 4) is 0 Å². The zero-order valence-corrected chi connectivity index (χ0v) is 11.4. The first-order valence-corrected chi connectivity index (χ1v) is 6.81. The number of likely N-dealkylation sites (tertiary alicyclic amines) is 1. The number of carboxylic acids is 1. The summed E-state index contributed by atoms with van der Waals surface area (Å²) in [5.41, 5.74) is 0.220. The van der Waals surface area contributed by atoms with Crippen LogP contribution < -0.4 is 5.32 Å². The van der Waals surface area contributed by atoms with Gasteiger partial charge in [-0.15, -0.1) is 0 Å². The smallest absolute Gasteiger partial charge is 0.317 e. The van der Waals surface area contributed by atoms with Gasteiger partial charge in [-0.05, 0) is 31.1 Å². The van der Waals surface area contributed by atoms with Crippen LogP contribution in [0.5, 0.6) is 0 Å². The number of carboxylic acid groups (broad SMARTS) is 1. The van der Waals surface area contributed by atoms with Gasteiger partial charge in [0.15, 0.2) is 0 Å². The highest BCUT2D eigenvalue weighted by molar-refractivity contribution is 5.77. The van der Waals surface area contributed by atoms with E-state index in [-0.39, 0.29) is 11.4 Å².